The van der Waals surface area contributed by atoms with Crippen molar-refractivity contribution in [3.63, 3.8) is 0 Å². The molecular formula is C24H31ClO4. The van der Waals surface area contributed by atoms with E-state index < -0.39 is 5.60 Å². The van der Waals surface area contributed by atoms with Gasteiger partial charge < -0.3 is 9.47 Å². The molecule has 5 heteroatoms. The molecule has 4 fully saturated rings. The fourth-order valence-electron chi connectivity index (χ4n) is 6.57. The molecule has 4 nitrogen and oxygen atoms in total. The molecule has 0 N–H and O–H groups in total. The van der Waals surface area contributed by atoms with Gasteiger partial charge in [-0.1, -0.05) is 11.6 Å². The number of halogens is 1. The minimum atomic E-state index is -0.849. The Kier molecular flexibility index (Phi) is 5.67. The summed E-state index contributed by atoms with van der Waals surface area (Å²) >= 11 is 5.95. The Morgan fingerprint density at radius 3 is 2.45 bits per heavy atom. The summed E-state index contributed by atoms with van der Waals surface area (Å²) in [4.78, 5) is 23.7. The number of benzene rings is 1. The second-order valence-corrected chi connectivity index (χ2v) is 10.5. The predicted octanol–water partition coefficient (Wildman–Crippen LogP) is 5.46. The van der Waals surface area contributed by atoms with E-state index in [1.165, 1.54) is 32.1 Å². The molecule has 0 aliphatic heterocycles. The molecule has 1 aromatic rings. The molecule has 0 radical (unpaired) electrons. The van der Waals surface area contributed by atoms with Crippen molar-refractivity contribution in [1.29, 1.82) is 0 Å². The normalized spacial score (nSPS) is 32.8. The van der Waals surface area contributed by atoms with E-state index in [9.17, 15) is 9.59 Å². The number of ketones is 1. The number of hydrogen-bond donors (Lipinski definition) is 0. The van der Waals surface area contributed by atoms with Gasteiger partial charge in [-0.25, -0.2) is 0 Å². The first-order chi connectivity index (χ1) is 13.8. The molecule has 0 spiro atoms. The Hall–Kier alpha value is -1.55. The van der Waals surface area contributed by atoms with Crippen LogP contribution in [0.5, 0.6) is 5.75 Å². The molecule has 2 unspecified atom stereocenters. The summed E-state index contributed by atoms with van der Waals surface area (Å²) in [5, 5.41) is 0.655. The molecule has 2 atom stereocenters. The lowest BCUT2D eigenvalue weighted by atomic mass is 9.45. The monoisotopic (exact) mass is 418 g/mol. The van der Waals surface area contributed by atoms with E-state index >= 15 is 0 Å². The molecular weight excluding hydrogens is 388 g/mol. The van der Waals surface area contributed by atoms with Crippen LogP contribution in [-0.4, -0.2) is 24.5 Å². The van der Waals surface area contributed by atoms with Gasteiger partial charge in [0, 0.05) is 11.4 Å². The standard InChI is InChI=1S/C24H31ClO4/c1-23(2,29-20-5-3-19(25)4-6-20)22(27)11-21-17-9-16-10-18(21)14-24(12-16,13-17)7-8-28-15-26/h3-6,15-18,21H,7-14H2,1-2H3. The highest BCUT2D eigenvalue weighted by Crippen LogP contribution is 2.64. The van der Waals surface area contributed by atoms with Crippen molar-refractivity contribution >= 4 is 23.9 Å². The third-order valence-electron chi connectivity index (χ3n) is 7.69. The van der Waals surface area contributed by atoms with Gasteiger partial charge in [-0.15, -0.1) is 0 Å². The highest BCUT2D eigenvalue weighted by molar-refractivity contribution is 6.30. The molecule has 0 saturated heterocycles. The van der Waals surface area contributed by atoms with Crippen LogP contribution in [0.4, 0.5) is 0 Å². The lowest BCUT2D eigenvalue weighted by molar-refractivity contribution is -0.144. The van der Waals surface area contributed by atoms with E-state index in [0.717, 1.165) is 12.3 Å². The summed E-state index contributed by atoms with van der Waals surface area (Å²) in [6.45, 7) is 4.84. The summed E-state index contributed by atoms with van der Waals surface area (Å²) in [7, 11) is 0. The molecule has 29 heavy (non-hydrogen) atoms. The van der Waals surface area contributed by atoms with Crippen molar-refractivity contribution in [2.45, 2.75) is 64.4 Å². The van der Waals surface area contributed by atoms with Gasteiger partial charge in [0.2, 0.25) is 0 Å². The number of rotatable bonds is 9. The summed E-state index contributed by atoms with van der Waals surface area (Å²) in [6, 6.07) is 7.18. The van der Waals surface area contributed by atoms with Gasteiger partial charge in [0.15, 0.2) is 11.4 Å². The highest BCUT2D eigenvalue weighted by Gasteiger charge is 2.55. The number of hydrogen-bond acceptors (Lipinski definition) is 4. The minimum absolute atomic E-state index is 0.184. The van der Waals surface area contributed by atoms with Crippen LogP contribution in [0.3, 0.4) is 0 Å². The van der Waals surface area contributed by atoms with E-state index in [-0.39, 0.29) is 5.78 Å². The maximum atomic E-state index is 13.2. The van der Waals surface area contributed by atoms with Crippen LogP contribution in [0.25, 0.3) is 0 Å². The number of Topliss-reactive ketones (excluding diaryl/α,β-unsaturated/α-hetero) is 1. The third-order valence-corrected chi connectivity index (χ3v) is 7.94. The van der Waals surface area contributed by atoms with Crippen molar-refractivity contribution < 1.29 is 19.1 Å². The molecule has 4 saturated carbocycles. The zero-order valence-electron chi connectivity index (χ0n) is 17.4. The Morgan fingerprint density at radius 2 is 1.83 bits per heavy atom. The SMILES string of the molecule is CC(C)(Oc1ccc(Cl)cc1)C(=O)CC1C2CC3CC1CC(CCOC=O)(C3)C2. The van der Waals surface area contributed by atoms with Gasteiger partial charge in [0.05, 0.1) is 6.61 Å². The first-order valence-corrected chi connectivity index (χ1v) is 11.2. The van der Waals surface area contributed by atoms with Crippen LogP contribution in [0, 0.1) is 29.1 Å². The number of carbonyl (C=O) groups is 2. The molecule has 4 aliphatic carbocycles. The molecule has 158 valence electrons. The van der Waals surface area contributed by atoms with E-state index in [4.69, 9.17) is 21.1 Å². The van der Waals surface area contributed by atoms with Crippen LogP contribution in [0.1, 0.15) is 58.8 Å². The Morgan fingerprint density at radius 1 is 1.17 bits per heavy atom. The van der Waals surface area contributed by atoms with Crippen LogP contribution >= 0.6 is 11.6 Å². The second kappa shape index (κ2) is 7.94. The molecule has 5 rings (SSSR count). The molecule has 0 heterocycles. The maximum Gasteiger partial charge on any atom is 0.293 e. The smallest absolute Gasteiger partial charge is 0.293 e. The number of carbonyl (C=O) groups excluding carboxylic acids is 2. The Labute approximate surface area is 178 Å². The van der Waals surface area contributed by atoms with Gasteiger partial charge in [-0.2, -0.15) is 0 Å². The van der Waals surface area contributed by atoms with E-state index in [1.807, 2.05) is 26.0 Å². The van der Waals surface area contributed by atoms with Crippen molar-refractivity contribution in [3.05, 3.63) is 29.3 Å². The van der Waals surface area contributed by atoms with E-state index in [2.05, 4.69) is 0 Å². The third kappa shape index (κ3) is 4.33. The zero-order chi connectivity index (χ0) is 20.6. The summed E-state index contributed by atoms with van der Waals surface area (Å²) in [6.07, 6.45) is 7.71. The van der Waals surface area contributed by atoms with Gasteiger partial charge in [0.25, 0.3) is 6.47 Å². The zero-order valence-corrected chi connectivity index (χ0v) is 18.1. The summed E-state index contributed by atoms with van der Waals surface area (Å²) < 4.78 is 11.1. The van der Waals surface area contributed by atoms with Gasteiger partial charge in [-0.3, -0.25) is 9.59 Å². The van der Waals surface area contributed by atoms with Gasteiger partial charge in [-0.05, 0) is 106 Å². The highest BCUT2D eigenvalue weighted by atomic mass is 35.5. The van der Waals surface area contributed by atoms with Gasteiger partial charge in [0.1, 0.15) is 5.75 Å². The molecule has 0 aromatic heterocycles. The fraction of sp³-hybridized carbons (Fsp3) is 0.667. The van der Waals surface area contributed by atoms with E-state index in [0.29, 0.717) is 53.4 Å². The van der Waals surface area contributed by atoms with Crippen molar-refractivity contribution in [1.82, 2.24) is 0 Å². The van der Waals surface area contributed by atoms with Crippen molar-refractivity contribution in [3.8, 4) is 5.75 Å². The quantitative estimate of drug-likeness (QED) is 0.394. The summed E-state index contributed by atoms with van der Waals surface area (Å²) in [5.41, 5.74) is -0.521. The average Bonchev–Trinajstić information content (AvgIpc) is 2.66. The topological polar surface area (TPSA) is 52.6 Å². The largest absolute Gasteiger partial charge is 0.480 e. The maximum absolute atomic E-state index is 13.2. The van der Waals surface area contributed by atoms with Crippen LogP contribution < -0.4 is 4.74 Å². The van der Waals surface area contributed by atoms with Gasteiger partial charge >= 0.3 is 0 Å². The lowest BCUT2D eigenvalue weighted by Gasteiger charge is -2.60. The first-order valence-electron chi connectivity index (χ1n) is 10.8. The Balaban J connectivity index is 1.40. The van der Waals surface area contributed by atoms with Crippen LogP contribution in [-0.2, 0) is 14.3 Å². The molecule has 4 bridgehead atoms. The van der Waals surface area contributed by atoms with Crippen molar-refractivity contribution in [2.75, 3.05) is 6.61 Å². The average molecular weight is 419 g/mol. The van der Waals surface area contributed by atoms with Crippen LogP contribution in [0.15, 0.2) is 24.3 Å². The van der Waals surface area contributed by atoms with E-state index in [1.54, 1.807) is 12.1 Å². The second-order valence-electron chi connectivity index (χ2n) is 10.0. The molecule has 4 aliphatic rings. The van der Waals surface area contributed by atoms with Crippen LogP contribution in [0.2, 0.25) is 5.02 Å². The lowest BCUT2D eigenvalue weighted by Crippen LogP contribution is -2.52. The predicted molar refractivity (Wildman–Crippen MR) is 112 cm³/mol. The van der Waals surface area contributed by atoms with Crippen molar-refractivity contribution in [2.24, 2.45) is 29.1 Å². The fourth-order valence-corrected chi connectivity index (χ4v) is 6.70. The Bertz CT molecular complexity index is 741. The first kappa shape index (κ1) is 20.7. The minimum Gasteiger partial charge on any atom is -0.480 e. The number of ether oxygens (including phenoxy) is 2. The summed E-state index contributed by atoms with van der Waals surface area (Å²) in [5.74, 6) is 3.34. The molecule has 1 aromatic carbocycles. The molecule has 0 amide bonds.